The van der Waals surface area contributed by atoms with E-state index in [0.717, 1.165) is 18.4 Å². The molecule has 0 spiro atoms. The molecule has 1 heterocycles. The Labute approximate surface area is 151 Å². The minimum Gasteiger partial charge on any atom is -0.391 e. The van der Waals surface area contributed by atoms with Crippen LogP contribution in [0, 0.1) is 5.92 Å². The van der Waals surface area contributed by atoms with Crippen LogP contribution < -0.4 is 10.6 Å². The molecule has 140 valence electrons. The van der Waals surface area contributed by atoms with Gasteiger partial charge < -0.3 is 20.5 Å². The van der Waals surface area contributed by atoms with E-state index < -0.39 is 6.10 Å². The number of hydrogen-bond donors (Lipinski definition) is 3. The van der Waals surface area contributed by atoms with Gasteiger partial charge >= 0.3 is 6.03 Å². The second kappa shape index (κ2) is 8.68. The normalized spacial score (nSPS) is 18.4. The molecule has 1 aromatic carbocycles. The Morgan fingerprint density at radius 3 is 2.40 bits per heavy atom. The van der Waals surface area contributed by atoms with Crippen molar-refractivity contribution in [2.75, 3.05) is 19.8 Å². The van der Waals surface area contributed by atoms with Crippen molar-refractivity contribution in [3.05, 3.63) is 35.4 Å². The fraction of sp³-hybridized carbons (Fsp3) is 0.650. The van der Waals surface area contributed by atoms with Gasteiger partial charge in [-0.15, -0.1) is 0 Å². The van der Waals surface area contributed by atoms with Crippen LogP contribution in [0.15, 0.2) is 24.3 Å². The lowest BCUT2D eigenvalue weighted by molar-refractivity contribution is 0.00949. The van der Waals surface area contributed by atoms with E-state index in [0.29, 0.717) is 13.2 Å². The molecule has 0 aromatic heterocycles. The van der Waals surface area contributed by atoms with Crippen LogP contribution in [0.25, 0.3) is 0 Å². The maximum atomic E-state index is 12.1. The van der Waals surface area contributed by atoms with Gasteiger partial charge in [0.15, 0.2) is 0 Å². The van der Waals surface area contributed by atoms with E-state index in [1.165, 1.54) is 5.56 Å². The van der Waals surface area contributed by atoms with Crippen LogP contribution in [0.4, 0.5) is 4.79 Å². The summed E-state index contributed by atoms with van der Waals surface area (Å²) in [5, 5.41) is 15.9. The van der Waals surface area contributed by atoms with Crippen LogP contribution in [0.2, 0.25) is 0 Å². The van der Waals surface area contributed by atoms with Crippen molar-refractivity contribution in [2.45, 2.75) is 58.1 Å². The predicted molar refractivity (Wildman–Crippen MR) is 99.6 cm³/mol. The lowest BCUT2D eigenvalue weighted by Crippen LogP contribution is -2.43. The standard InChI is InChI=1S/C20H32N2O3/c1-14(15-5-7-17(8-6-15)20(2,3)4)22-19(24)21-13-18(23)16-9-11-25-12-10-16/h5-8,14,16,18,23H,9-13H2,1-4H3,(H2,21,22,24)/t14-,18-/m1/s1. The molecule has 1 aliphatic heterocycles. The maximum Gasteiger partial charge on any atom is 0.315 e. The Morgan fingerprint density at radius 2 is 1.84 bits per heavy atom. The summed E-state index contributed by atoms with van der Waals surface area (Å²) >= 11 is 0. The third-order valence-electron chi connectivity index (χ3n) is 4.91. The van der Waals surface area contributed by atoms with Crippen LogP contribution in [0.5, 0.6) is 0 Å². The maximum absolute atomic E-state index is 12.1. The number of benzene rings is 1. The van der Waals surface area contributed by atoms with E-state index in [4.69, 9.17) is 4.74 Å². The summed E-state index contributed by atoms with van der Waals surface area (Å²) in [6.07, 6.45) is 1.18. The van der Waals surface area contributed by atoms with E-state index in [9.17, 15) is 9.90 Å². The number of ether oxygens (including phenoxy) is 1. The highest BCUT2D eigenvalue weighted by Crippen LogP contribution is 2.24. The smallest absolute Gasteiger partial charge is 0.315 e. The Bertz CT molecular complexity index is 545. The third-order valence-corrected chi connectivity index (χ3v) is 4.91. The molecule has 5 heteroatoms. The average molecular weight is 348 g/mol. The Hall–Kier alpha value is -1.59. The highest BCUT2D eigenvalue weighted by atomic mass is 16.5. The van der Waals surface area contributed by atoms with Crippen molar-refractivity contribution in [3.63, 3.8) is 0 Å². The zero-order valence-electron chi connectivity index (χ0n) is 15.8. The molecule has 1 saturated heterocycles. The van der Waals surface area contributed by atoms with Crippen LogP contribution >= 0.6 is 0 Å². The first kappa shape index (κ1) is 19.7. The number of aliphatic hydroxyl groups excluding tert-OH is 1. The predicted octanol–water partition coefficient (Wildman–Crippen LogP) is 3.13. The van der Waals surface area contributed by atoms with Crippen LogP contribution in [-0.2, 0) is 10.2 Å². The number of carbonyl (C=O) groups excluding carboxylic acids is 1. The first-order valence-electron chi connectivity index (χ1n) is 9.18. The van der Waals surface area contributed by atoms with Crippen molar-refractivity contribution in [1.29, 1.82) is 0 Å². The Balaban J connectivity index is 1.79. The first-order chi connectivity index (χ1) is 11.8. The summed E-state index contributed by atoms with van der Waals surface area (Å²) in [6.45, 7) is 10.2. The van der Waals surface area contributed by atoms with Crippen molar-refractivity contribution >= 4 is 6.03 Å². The summed E-state index contributed by atoms with van der Waals surface area (Å²) < 4.78 is 5.30. The van der Waals surface area contributed by atoms with E-state index in [1.807, 2.05) is 6.92 Å². The van der Waals surface area contributed by atoms with E-state index >= 15 is 0 Å². The van der Waals surface area contributed by atoms with Crippen molar-refractivity contribution in [2.24, 2.45) is 5.92 Å². The van der Waals surface area contributed by atoms with Crippen LogP contribution in [-0.4, -0.2) is 37.0 Å². The molecule has 5 nitrogen and oxygen atoms in total. The highest BCUT2D eigenvalue weighted by molar-refractivity contribution is 5.74. The van der Waals surface area contributed by atoms with E-state index in [1.54, 1.807) is 0 Å². The minimum absolute atomic E-state index is 0.0887. The zero-order valence-corrected chi connectivity index (χ0v) is 15.8. The Kier molecular flexibility index (Phi) is 6.85. The quantitative estimate of drug-likeness (QED) is 0.765. The second-order valence-corrected chi connectivity index (χ2v) is 7.97. The fourth-order valence-electron chi connectivity index (χ4n) is 3.07. The van der Waals surface area contributed by atoms with Gasteiger partial charge in [-0.25, -0.2) is 4.79 Å². The molecule has 0 bridgehead atoms. The van der Waals surface area contributed by atoms with Gasteiger partial charge in [0.2, 0.25) is 0 Å². The molecule has 1 aromatic rings. The molecule has 0 aliphatic carbocycles. The van der Waals surface area contributed by atoms with Gasteiger partial charge in [0.25, 0.3) is 0 Å². The van der Waals surface area contributed by atoms with Crippen LogP contribution in [0.3, 0.4) is 0 Å². The number of aliphatic hydroxyl groups is 1. The first-order valence-corrected chi connectivity index (χ1v) is 9.18. The summed E-state index contributed by atoms with van der Waals surface area (Å²) in [6, 6.07) is 8.00. The number of urea groups is 1. The van der Waals surface area contributed by atoms with Gasteiger partial charge in [0.1, 0.15) is 0 Å². The van der Waals surface area contributed by atoms with Gasteiger partial charge in [-0.3, -0.25) is 0 Å². The topological polar surface area (TPSA) is 70.6 Å². The number of rotatable bonds is 5. The lowest BCUT2D eigenvalue weighted by atomic mass is 9.86. The molecular weight excluding hydrogens is 316 g/mol. The second-order valence-electron chi connectivity index (χ2n) is 7.97. The number of hydrogen-bond acceptors (Lipinski definition) is 3. The summed E-state index contributed by atoms with van der Waals surface area (Å²) in [5.74, 6) is 0.205. The van der Waals surface area contributed by atoms with E-state index in [2.05, 4.69) is 55.7 Å². The van der Waals surface area contributed by atoms with Gasteiger partial charge in [0, 0.05) is 19.8 Å². The van der Waals surface area contributed by atoms with Gasteiger partial charge in [0.05, 0.1) is 12.1 Å². The van der Waals surface area contributed by atoms with E-state index in [-0.39, 0.29) is 30.0 Å². The molecule has 1 fully saturated rings. The van der Waals surface area contributed by atoms with Gasteiger partial charge in [-0.05, 0) is 42.2 Å². The van der Waals surface area contributed by atoms with Gasteiger partial charge in [-0.2, -0.15) is 0 Å². The van der Waals surface area contributed by atoms with Gasteiger partial charge in [-0.1, -0.05) is 45.0 Å². The highest BCUT2D eigenvalue weighted by Gasteiger charge is 2.22. The molecule has 25 heavy (non-hydrogen) atoms. The lowest BCUT2D eigenvalue weighted by Gasteiger charge is -2.27. The third kappa shape index (κ3) is 6.01. The number of nitrogens with one attached hydrogen (secondary N) is 2. The number of amides is 2. The minimum atomic E-state index is -0.518. The molecule has 2 amide bonds. The average Bonchev–Trinajstić information content (AvgIpc) is 2.59. The molecule has 0 saturated carbocycles. The summed E-state index contributed by atoms with van der Waals surface area (Å²) in [7, 11) is 0. The molecule has 1 aliphatic rings. The van der Waals surface area contributed by atoms with Crippen molar-refractivity contribution in [3.8, 4) is 0 Å². The SMILES string of the molecule is C[C@@H](NC(=O)NC[C@@H](O)C1CCOCC1)c1ccc(C(C)(C)C)cc1. The fourth-order valence-corrected chi connectivity index (χ4v) is 3.07. The van der Waals surface area contributed by atoms with Crippen molar-refractivity contribution < 1.29 is 14.6 Å². The summed E-state index contributed by atoms with van der Waals surface area (Å²) in [5.41, 5.74) is 2.45. The largest absolute Gasteiger partial charge is 0.391 e. The molecule has 3 N–H and O–H groups in total. The molecule has 2 rings (SSSR count). The monoisotopic (exact) mass is 348 g/mol. The Morgan fingerprint density at radius 1 is 1.24 bits per heavy atom. The van der Waals surface area contributed by atoms with Crippen LogP contribution in [0.1, 0.15) is 57.7 Å². The van der Waals surface area contributed by atoms with Crippen molar-refractivity contribution in [1.82, 2.24) is 10.6 Å². The summed E-state index contributed by atoms with van der Waals surface area (Å²) in [4.78, 5) is 12.1. The zero-order chi connectivity index (χ0) is 18.4. The molecule has 2 atom stereocenters. The molecule has 0 unspecified atom stereocenters. The number of carbonyl (C=O) groups is 1. The molecule has 0 radical (unpaired) electrons. The molecular formula is C20H32N2O3.